The highest BCUT2D eigenvalue weighted by atomic mass is 16.5. The van der Waals surface area contributed by atoms with Gasteiger partial charge in [-0.1, -0.05) is 37.3 Å². The van der Waals surface area contributed by atoms with Gasteiger partial charge in [0.25, 0.3) is 0 Å². The van der Waals surface area contributed by atoms with E-state index in [0.29, 0.717) is 5.56 Å². The summed E-state index contributed by atoms with van der Waals surface area (Å²) in [6.45, 7) is 1.55. The minimum Gasteiger partial charge on any atom is -0.481 e. The number of benzene rings is 1. The van der Waals surface area contributed by atoms with Crippen LogP contribution in [0.5, 0.6) is 0 Å². The van der Waals surface area contributed by atoms with Crippen LogP contribution in [0.4, 0.5) is 0 Å². The Morgan fingerprint density at radius 3 is 2.44 bits per heavy atom. The molecule has 0 amide bonds. The maximum Gasteiger partial charge on any atom is 0.314 e. The Hall–Kier alpha value is -1.84. The molecule has 0 aliphatic heterocycles. The fourth-order valence-electron chi connectivity index (χ4n) is 1.27. The molecule has 1 atom stereocenters. The predicted molar refractivity (Wildman–Crippen MR) is 58.1 cm³/mol. The van der Waals surface area contributed by atoms with Gasteiger partial charge in [-0.05, 0) is 5.56 Å². The minimum atomic E-state index is -0.991. The second-order valence-electron chi connectivity index (χ2n) is 3.34. The standard InChI is InChI=1S/C12H14O4/c1-2-11(13)16-8-10(12(14)15)9-6-4-3-5-7-9/h3-7,10H,2,8H2,1H3,(H,14,15). The molecular weight excluding hydrogens is 208 g/mol. The van der Waals surface area contributed by atoms with Crippen LogP contribution in [0.2, 0.25) is 0 Å². The molecule has 16 heavy (non-hydrogen) atoms. The van der Waals surface area contributed by atoms with Crippen LogP contribution >= 0.6 is 0 Å². The molecule has 4 nitrogen and oxygen atoms in total. The van der Waals surface area contributed by atoms with Crippen molar-refractivity contribution in [2.24, 2.45) is 0 Å². The third kappa shape index (κ3) is 3.38. The minimum absolute atomic E-state index is 0.119. The zero-order valence-corrected chi connectivity index (χ0v) is 9.05. The second kappa shape index (κ2) is 5.90. The molecule has 1 aromatic carbocycles. The summed E-state index contributed by atoms with van der Waals surface area (Å²) in [5, 5.41) is 9.02. The fourth-order valence-corrected chi connectivity index (χ4v) is 1.27. The number of rotatable bonds is 5. The Morgan fingerprint density at radius 1 is 1.31 bits per heavy atom. The van der Waals surface area contributed by atoms with Gasteiger partial charge in [0.2, 0.25) is 0 Å². The first kappa shape index (κ1) is 12.2. The monoisotopic (exact) mass is 222 g/mol. The molecule has 1 aromatic rings. The van der Waals surface area contributed by atoms with E-state index in [1.54, 1.807) is 37.3 Å². The lowest BCUT2D eigenvalue weighted by Crippen LogP contribution is -2.19. The lowest BCUT2D eigenvalue weighted by Gasteiger charge is -2.12. The van der Waals surface area contributed by atoms with Crippen LogP contribution < -0.4 is 0 Å². The van der Waals surface area contributed by atoms with Crippen molar-refractivity contribution < 1.29 is 19.4 Å². The second-order valence-corrected chi connectivity index (χ2v) is 3.34. The molecule has 0 spiro atoms. The molecule has 86 valence electrons. The van der Waals surface area contributed by atoms with E-state index in [0.717, 1.165) is 0 Å². The number of hydrogen-bond acceptors (Lipinski definition) is 3. The van der Waals surface area contributed by atoms with Crippen molar-refractivity contribution >= 4 is 11.9 Å². The predicted octanol–water partition coefficient (Wildman–Crippen LogP) is 1.81. The molecule has 0 heterocycles. The molecule has 1 unspecified atom stereocenters. The van der Waals surface area contributed by atoms with Gasteiger partial charge in [0, 0.05) is 6.42 Å². The van der Waals surface area contributed by atoms with Crippen LogP contribution in [0, 0.1) is 0 Å². The maximum absolute atomic E-state index is 11.0. The van der Waals surface area contributed by atoms with Gasteiger partial charge in [0.1, 0.15) is 12.5 Å². The Bertz CT molecular complexity index is 359. The van der Waals surface area contributed by atoms with Crippen LogP contribution in [0.3, 0.4) is 0 Å². The summed E-state index contributed by atoms with van der Waals surface area (Å²) in [5.41, 5.74) is 0.638. The van der Waals surface area contributed by atoms with Crippen molar-refractivity contribution in [1.82, 2.24) is 0 Å². The highest BCUT2D eigenvalue weighted by Crippen LogP contribution is 2.16. The van der Waals surface area contributed by atoms with Gasteiger partial charge >= 0.3 is 11.9 Å². The molecule has 0 saturated heterocycles. The highest BCUT2D eigenvalue weighted by molar-refractivity contribution is 5.77. The molecule has 0 saturated carbocycles. The van der Waals surface area contributed by atoms with Gasteiger partial charge in [-0.3, -0.25) is 9.59 Å². The quantitative estimate of drug-likeness (QED) is 0.772. The Labute approximate surface area is 93.9 Å². The molecule has 0 aliphatic carbocycles. The fraction of sp³-hybridized carbons (Fsp3) is 0.333. The zero-order chi connectivity index (χ0) is 12.0. The summed E-state index contributed by atoms with van der Waals surface area (Å²) in [7, 11) is 0. The Kier molecular flexibility index (Phi) is 4.51. The van der Waals surface area contributed by atoms with E-state index in [9.17, 15) is 9.59 Å². The number of carboxylic acid groups (broad SMARTS) is 1. The maximum atomic E-state index is 11.0. The largest absolute Gasteiger partial charge is 0.481 e. The molecule has 0 bridgehead atoms. The highest BCUT2D eigenvalue weighted by Gasteiger charge is 2.21. The van der Waals surface area contributed by atoms with E-state index in [2.05, 4.69) is 0 Å². The normalized spacial score (nSPS) is 11.8. The average molecular weight is 222 g/mol. The molecule has 0 aromatic heterocycles. The van der Waals surface area contributed by atoms with Crippen LogP contribution in [0.15, 0.2) is 30.3 Å². The van der Waals surface area contributed by atoms with Crippen molar-refractivity contribution in [2.75, 3.05) is 6.61 Å². The summed E-state index contributed by atoms with van der Waals surface area (Å²) in [6, 6.07) is 8.73. The van der Waals surface area contributed by atoms with Crippen LogP contribution in [0.1, 0.15) is 24.8 Å². The molecule has 1 N–H and O–H groups in total. The van der Waals surface area contributed by atoms with Gasteiger partial charge in [0.05, 0.1) is 0 Å². The summed E-state index contributed by atoms with van der Waals surface area (Å²) < 4.78 is 4.85. The summed E-state index contributed by atoms with van der Waals surface area (Å²) in [4.78, 5) is 22.0. The van der Waals surface area contributed by atoms with E-state index in [1.165, 1.54) is 0 Å². The topological polar surface area (TPSA) is 63.6 Å². The number of aliphatic carboxylic acids is 1. The Balaban J connectivity index is 2.69. The molecule has 1 rings (SSSR count). The van der Waals surface area contributed by atoms with E-state index < -0.39 is 11.9 Å². The number of ether oxygens (including phenoxy) is 1. The van der Waals surface area contributed by atoms with Gasteiger partial charge in [-0.25, -0.2) is 0 Å². The smallest absolute Gasteiger partial charge is 0.314 e. The number of carbonyl (C=O) groups excluding carboxylic acids is 1. The van der Waals surface area contributed by atoms with Crippen LogP contribution in [0.25, 0.3) is 0 Å². The van der Waals surface area contributed by atoms with Crippen molar-refractivity contribution in [3.05, 3.63) is 35.9 Å². The molecule has 0 radical (unpaired) electrons. The lowest BCUT2D eigenvalue weighted by atomic mass is 10.0. The molecule has 0 aliphatic rings. The van der Waals surface area contributed by atoms with E-state index in [4.69, 9.17) is 9.84 Å². The SMILES string of the molecule is CCC(=O)OCC(C(=O)O)c1ccccc1. The first-order valence-electron chi connectivity index (χ1n) is 5.08. The summed E-state index contributed by atoms with van der Waals surface area (Å²) >= 11 is 0. The lowest BCUT2D eigenvalue weighted by molar-refractivity contribution is -0.147. The number of carboxylic acids is 1. The van der Waals surface area contributed by atoms with Crippen molar-refractivity contribution in [3.8, 4) is 0 Å². The van der Waals surface area contributed by atoms with Crippen molar-refractivity contribution in [1.29, 1.82) is 0 Å². The van der Waals surface area contributed by atoms with E-state index in [-0.39, 0.29) is 19.0 Å². The first-order chi connectivity index (χ1) is 7.65. The third-order valence-corrected chi connectivity index (χ3v) is 2.20. The summed E-state index contributed by atoms with van der Waals surface area (Å²) in [6.07, 6.45) is 0.251. The number of esters is 1. The Morgan fingerprint density at radius 2 is 1.94 bits per heavy atom. The van der Waals surface area contributed by atoms with E-state index >= 15 is 0 Å². The van der Waals surface area contributed by atoms with Gasteiger partial charge in [-0.2, -0.15) is 0 Å². The van der Waals surface area contributed by atoms with Gasteiger partial charge < -0.3 is 9.84 Å². The number of hydrogen-bond donors (Lipinski definition) is 1. The third-order valence-electron chi connectivity index (χ3n) is 2.20. The van der Waals surface area contributed by atoms with Crippen LogP contribution in [-0.2, 0) is 14.3 Å². The average Bonchev–Trinajstić information content (AvgIpc) is 2.30. The van der Waals surface area contributed by atoms with Gasteiger partial charge in [0.15, 0.2) is 0 Å². The molecule has 4 heteroatoms. The summed E-state index contributed by atoms with van der Waals surface area (Å²) in [5.74, 6) is -2.17. The first-order valence-corrected chi connectivity index (χ1v) is 5.08. The van der Waals surface area contributed by atoms with Crippen LogP contribution in [-0.4, -0.2) is 23.7 Å². The van der Waals surface area contributed by atoms with Crippen molar-refractivity contribution in [3.63, 3.8) is 0 Å². The number of carbonyl (C=O) groups is 2. The van der Waals surface area contributed by atoms with E-state index in [1.807, 2.05) is 0 Å². The molecular formula is C12H14O4. The van der Waals surface area contributed by atoms with Gasteiger partial charge in [-0.15, -0.1) is 0 Å². The molecule has 0 fully saturated rings. The zero-order valence-electron chi connectivity index (χ0n) is 9.05. The van der Waals surface area contributed by atoms with Crippen molar-refractivity contribution in [2.45, 2.75) is 19.3 Å².